The first-order valence-corrected chi connectivity index (χ1v) is 14.3. The molecule has 2 fully saturated rings. The van der Waals surface area contributed by atoms with Crippen LogP contribution < -0.4 is 25.2 Å². The van der Waals surface area contributed by atoms with Crippen molar-refractivity contribution in [3.05, 3.63) is 83.9 Å². The number of carbonyl (C=O) groups excluding carboxylic acids is 2. The van der Waals surface area contributed by atoms with Crippen molar-refractivity contribution in [1.29, 1.82) is 0 Å². The molecular weight excluding hydrogens is 518 g/mol. The molecule has 9 nitrogen and oxygen atoms in total. The monoisotopic (exact) mass is 557 g/mol. The van der Waals surface area contributed by atoms with Gasteiger partial charge in [0.2, 0.25) is 0 Å². The Morgan fingerprint density at radius 1 is 0.805 bits per heavy atom. The molecule has 0 aliphatic carbocycles. The van der Waals surface area contributed by atoms with Gasteiger partial charge in [0.25, 0.3) is 11.8 Å². The van der Waals surface area contributed by atoms with Crippen molar-refractivity contribution in [3.63, 3.8) is 0 Å². The van der Waals surface area contributed by atoms with Crippen molar-refractivity contribution >= 4 is 28.9 Å². The first-order valence-electron chi connectivity index (χ1n) is 14.3. The molecule has 0 aromatic heterocycles. The summed E-state index contributed by atoms with van der Waals surface area (Å²) in [5.41, 5.74) is 3.67. The number of anilines is 3. The zero-order chi connectivity index (χ0) is 28.4. The predicted octanol–water partition coefficient (Wildman–Crippen LogP) is 3.73. The number of ether oxygens (including phenoxy) is 2. The molecule has 216 valence electrons. The van der Waals surface area contributed by atoms with Gasteiger partial charge in [0.1, 0.15) is 5.75 Å². The standard InChI is InChI=1S/C32H39N5O4/c1-40-30-11-6-5-10-29(30)37-18-16-36(17-19-37)28-13-12-26(34-31(38)25-8-3-2-4-9-25)24-27(28)32(39)33-14-7-15-35-20-22-41-23-21-35/h2-6,8-13,24H,7,14-23H2,1H3,(H,33,39)(H,34,38). The number of benzene rings is 3. The minimum Gasteiger partial charge on any atom is -0.495 e. The summed E-state index contributed by atoms with van der Waals surface area (Å²) >= 11 is 0. The Morgan fingerprint density at radius 2 is 1.49 bits per heavy atom. The second-order valence-electron chi connectivity index (χ2n) is 10.3. The van der Waals surface area contributed by atoms with Crippen LogP contribution >= 0.6 is 0 Å². The van der Waals surface area contributed by atoms with E-state index in [1.807, 2.05) is 48.5 Å². The van der Waals surface area contributed by atoms with Crippen LogP contribution in [0.5, 0.6) is 5.75 Å². The van der Waals surface area contributed by atoms with Crippen molar-refractivity contribution in [2.24, 2.45) is 0 Å². The number of nitrogens with one attached hydrogen (secondary N) is 2. The molecule has 0 spiro atoms. The summed E-state index contributed by atoms with van der Waals surface area (Å²) in [5.74, 6) is 0.516. The number of methoxy groups -OCH3 is 1. The van der Waals surface area contributed by atoms with Crippen molar-refractivity contribution < 1.29 is 19.1 Å². The summed E-state index contributed by atoms with van der Waals surface area (Å²) in [6.45, 7) is 8.01. The fourth-order valence-corrected chi connectivity index (χ4v) is 5.37. The van der Waals surface area contributed by atoms with Crippen LogP contribution in [-0.2, 0) is 4.74 Å². The second kappa shape index (κ2) is 14.0. The normalized spacial score (nSPS) is 15.8. The van der Waals surface area contributed by atoms with Crippen LogP contribution in [0.1, 0.15) is 27.1 Å². The fourth-order valence-electron chi connectivity index (χ4n) is 5.37. The van der Waals surface area contributed by atoms with Crippen LogP contribution in [0.3, 0.4) is 0 Å². The maximum absolute atomic E-state index is 13.5. The Morgan fingerprint density at radius 3 is 2.22 bits per heavy atom. The average Bonchev–Trinajstić information content (AvgIpc) is 3.04. The SMILES string of the molecule is COc1ccccc1N1CCN(c2ccc(NC(=O)c3ccccc3)cc2C(=O)NCCCN2CCOCC2)CC1. The van der Waals surface area contributed by atoms with Crippen molar-refractivity contribution in [3.8, 4) is 5.75 Å². The third kappa shape index (κ3) is 7.36. The van der Waals surface area contributed by atoms with Crippen molar-refractivity contribution in [2.45, 2.75) is 6.42 Å². The van der Waals surface area contributed by atoms with Gasteiger partial charge in [-0.1, -0.05) is 30.3 Å². The predicted molar refractivity (Wildman–Crippen MR) is 162 cm³/mol. The summed E-state index contributed by atoms with van der Waals surface area (Å²) in [4.78, 5) is 33.3. The number of morpholine rings is 1. The van der Waals surface area contributed by atoms with Gasteiger partial charge in [-0.15, -0.1) is 0 Å². The Kier molecular flexibility index (Phi) is 9.72. The number of piperazine rings is 1. The maximum Gasteiger partial charge on any atom is 0.255 e. The van der Waals surface area contributed by atoms with Gasteiger partial charge in [-0.2, -0.15) is 0 Å². The highest BCUT2D eigenvalue weighted by molar-refractivity contribution is 6.06. The Hall–Kier alpha value is -4.08. The largest absolute Gasteiger partial charge is 0.495 e. The molecule has 0 saturated carbocycles. The summed E-state index contributed by atoms with van der Waals surface area (Å²) in [6.07, 6.45) is 0.864. The van der Waals surface area contributed by atoms with Gasteiger partial charge in [-0.25, -0.2) is 0 Å². The quantitative estimate of drug-likeness (QED) is 0.368. The number of carbonyl (C=O) groups is 2. The number of nitrogens with zero attached hydrogens (tertiary/aromatic N) is 3. The Labute approximate surface area is 242 Å². The highest BCUT2D eigenvalue weighted by Crippen LogP contribution is 2.31. The van der Waals surface area contributed by atoms with E-state index in [0.717, 1.165) is 82.6 Å². The van der Waals surface area contributed by atoms with Crippen LogP contribution in [0.4, 0.5) is 17.1 Å². The maximum atomic E-state index is 13.5. The van der Waals surface area contributed by atoms with Crippen LogP contribution in [0, 0.1) is 0 Å². The van der Waals surface area contributed by atoms with E-state index < -0.39 is 0 Å². The lowest BCUT2D eigenvalue weighted by Crippen LogP contribution is -2.47. The van der Waals surface area contributed by atoms with E-state index in [4.69, 9.17) is 9.47 Å². The molecule has 2 amide bonds. The molecule has 0 radical (unpaired) electrons. The van der Waals surface area contributed by atoms with Crippen LogP contribution in [0.15, 0.2) is 72.8 Å². The van der Waals surface area contributed by atoms with Crippen LogP contribution in [0.25, 0.3) is 0 Å². The molecule has 2 heterocycles. The zero-order valence-corrected chi connectivity index (χ0v) is 23.7. The number of rotatable bonds is 10. The molecule has 5 rings (SSSR count). The molecule has 2 aliphatic rings. The molecule has 2 saturated heterocycles. The number of hydrogen-bond donors (Lipinski definition) is 2. The van der Waals surface area contributed by atoms with Crippen molar-refractivity contribution in [1.82, 2.24) is 10.2 Å². The van der Waals surface area contributed by atoms with E-state index in [0.29, 0.717) is 23.4 Å². The van der Waals surface area contributed by atoms with E-state index in [2.05, 4.69) is 31.4 Å². The fraction of sp³-hybridized carbons (Fsp3) is 0.375. The van der Waals surface area contributed by atoms with Gasteiger partial charge in [0.15, 0.2) is 0 Å². The first-order chi connectivity index (χ1) is 20.1. The molecular formula is C32H39N5O4. The van der Waals surface area contributed by atoms with E-state index in [9.17, 15) is 9.59 Å². The minimum atomic E-state index is -0.208. The molecule has 0 atom stereocenters. The Bertz CT molecular complexity index is 1300. The molecule has 41 heavy (non-hydrogen) atoms. The number of amides is 2. The van der Waals surface area contributed by atoms with E-state index in [-0.39, 0.29) is 11.8 Å². The first kappa shape index (κ1) is 28.4. The lowest BCUT2D eigenvalue weighted by atomic mass is 10.1. The lowest BCUT2D eigenvalue weighted by Gasteiger charge is -2.38. The molecule has 3 aromatic carbocycles. The topological polar surface area (TPSA) is 86.4 Å². The van der Waals surface area contributed by atoms with Gasteiger partial charge < -0.3 is 29.9 Å². The average molecular weight is 558 g/mol. The Balaban J connectivity index is 1.28. The number of hydrogen-bond acceptors (Lipinski definition) is 7. The third-order valence-electron chi connectivity index (χ3n) is 7.62. The summed E-state index contributed by atoms with van der Waals surface area (Å²) in [5, 5.41) is 6.07. The number of para-hydroxylation sites is 2. The molecule has 9 heteroatoms. The summed E-state index contributed by atoms with van der Waals surface area (Å²) < 4.78 is 11.0. The van der Waals surface area contributed by atoms with Crippen molar-refractivity contribution in [2.75, 3.05) is 87.8 Å². The molecule has 2 aliphatic heterocycles. The summed E-state index contributed by atoms with van der Waals surface area (Å²) in [6, 6.07) is 22.7. The lowest BCUT2D eigenvalue weighted by molar-refractivity contribution is 0.0374. The smallest absolute Gasteiger partial charge is 0.255 e. The van der Waals surface area contributed by atoms with Gasteiger partial charge in [-0.3, -0.25) is 14.5 Å². The highest BCUT2D eigenvalue weighted by atomic mass is 16.5. The zero-order valence-electron chi connectivity index (χ0n) is 23.7. The van der Waals surface area contributed by atoms with Gasteiger partial charge in [-0.05, 0) is 55.4 Å². The molecule has 0 bridgehead atoms. The molecule has 2 N–H and O–H groups in total. The second-order valence-corrected chi connectivity index (χ2v) is 10.3. The van der Waals surface area contributed by atoms with E-state index in [1.54, 1.807) is 25.3 Å². The van der Waals surface area contributed by atoms with Crippen LogP contribution in [0.2, 0.25) is 0 Å². The summed E-state index contributed by atoms with van der Waals surface area (Å²) in [7, 11) is 1.69. The van der Waals surface area contributed by atoms with Gasteiger partial charge in [0, 0.05) is 62.8 Å². The highest BCUT2D eigenvalue weighted by Gasteiger charge is 2.24. The van der Waals surface area contributed by atoms with E-state index >= 15 is 0 Å². The van der Waals surface area contributed by atoms with Crippen LogP contribution in [-0.4, -0.2) is 89.4 Å². The van der Waals surface area contributed by atoms with E-state index in [1.165, 1.54) is 0 Å². The third-order valence-corrected chi connectivity index (χ3v) is 7.62. The molecule has 0 unspecified atom stereocenters. The molecule has 3 aromatic rings. The van der Waals surface area contributed by atoms with Gasteiger partial charge in [0.05, 0.1) is 31.6 Å². The minimum absolute atomic E-state index is 0.134. The van der Waals surface area contributed by atoms with Gasteiger partial charge >= 0.3 is 0 Å².